The van der Waals surface area contributed by atoms with Crippen LogP contribution in [-0.4, -0.2) is 53.2 Å². The van der Waals surface area contributed by atoms with Crippen LogP contribution in [0.15, 0.2) is 24.3 Å². The molecule has 1 aromatic rings. The van der Waals surface area contributed by atoms with Gasteiger partial charge in [0.2, 0.25) is 11.8 Å². The number of rotatable bonds is 8. The molecule has 3 amide bonds. The molecule has 1 aliphatic rings. The van der Waals surface area contributed by atoms with E-state index < -0.39 is 0 Å². The average molecular weight is 345 g/mol. The second-order valence-corrected chi connectivity index (χ2v) is 6.55. The van der Waals surface area contributed by atoms with Gasteiger partial charge in [-0.05, 0) is 38.1 Å². The van der Waals surface area contributed by atoms with Gasteiger partial charge in [-0.3, -0.25) is 24.2 Å². The van der Waals surface area contributed by atoms with Gasteiger partial charge >= 0.3 is 0 Å². The van der Waals surface area contributed by atoms with Crippen LogP contribution in [0.2, 0.25) is 0 Å². The van der Waals surface area contributed by atoms with Gasteiger partial charge in [-0.15, -0.1) is 0 Å². The van der Waals surface area contributed by atoms with E-state index in [1.54, 1.807) is 0 Å². The molecule has 1 aromatic carbocycles. The Balaban J connectivity index is 1.83. The van der Waals surface area contributed by atoms with Gasteiger partial charge in [0.25, 0.3) is 5.91 Å². The molecular weight excluding hydrogens is 318 g/mol. The van der Waals surface area contributed by atoms with E-state index in [-0.39, 0.29) is 43.7 Å². The Morgan fingerprint density at radius 1 is 1.16 bits per heavy atom. The first-order valence-corrected chi connectivity index (χ1v) is 8.86. The van der Waals surface area contributed by atoms with Crippen molar-refractivity contribution in [2.75, 3.05) is 19.6 Å². The fraction of sp³-hybridized carbons (Fsp3) is 0.526. The molecular formula is C19H27N3O3. The smallest absolute Gasteiger partial charge is 0.251 e. The van der Waals surface area contributed by atoms with Gasteiger partial charge in [-0.25, -0.2) is 0 Å². The van der Waals surface area contributed by atoms with Crippen molar-refractivity contribution in [1.82, 2.24) is 15.1 Å². The Labute approximate surface area is 149 Å². The van der Waals surface area contributed by atoms with Crippen LogP contribution in [-0.2, 0) is 16.1 Å². The van der Waals surface area contributed by atoms with Gasteiger partial charge in [0, 0.05) is 44.1 Å². The summed E-state index contributed by atoms with van der Waals surface area (Å²) in [6.45, 7) is 8.82. The lowest BCUT2D eigenvalue weighted by Crippen LogP contribution is -2.37. The monoisotopic (exact) mass is 345 g/mol. The molecule has 1 N–H and O–H groups in total. The summed E-state index contributed by atoms with van der Waals surface area (Å²) in [5, 5.41) is 2.76. The molecule has 0 unspecified atom stereocenters. The zero-order valence-corrected chi connectivity index (χ0v) is 15.2. The van der Waals surface area contributed by atoms with Gasteiger partial charge in [0.1, 0.15) is 0 Å². The number of benzene rings is 1. The van der Waals surface area contributed by atoms with E-state index >= 15 is 0 Å². The van der Waals surface area contributed by atoms with Gasteiger partial charge in [0.05, 0.1) is 0 Å². The van der Waals surface area contributed by atoms with E-state index in [9.17, 15) is 14.4 Å². The summed E-state index contributed by atoms with van der Waals surface area (Å²) in [6, 6.07) is 8.03. The Hall–Kier alpha value is -2.21. The lowest BCUT2D eigenvalue weighted by Gasteiger charge is -2.24. The maximum Gasteiger partial charge on any atom is 0.251 e. The predicted octanol–water partition coefficient (Wildman–Crippen LogP) is 1.80. The third-order valence-corrected chi connectivity index (χ3v) is 4.51. The van der Waals surface area contributed by atoms with Crippen LogP contribution in [0, 0.1) is 0 Å². The molecule has 1 aliphatic heterocycles. The van der Waals surface area contributed by atoms with Crippen LogP contribution in [0.3, 0.4) is 0 Å². The second-order valence-electron chi connectivity index (χ2n) is 6.55. The van der Waals surface area contributed by atoms with Gasteiger partial charge in [0.15, 0.2) is 0 Å². The maximum absolute atomic E-state index is 12.2. The second kappa shape index (κ2) is 8.76. The molecule has 0 spiro atoms. The van der Waals surface area contributed by atoms with E-state index in [1.165, 1.54) is 10.5 Å². The van der Waals surface area contributed by atoms with Gasteiger partial charge in [-0.2, -0.15) is 0 Å². The number of nitrogens with one attached hydrogen (secondary N) is 1. The number of likely N-dealkylation sites (tertiary alicyclic amines) is 1. The average Bonchev–Trinajstić information content (AvgIpc) is 2.91. The highest BCUT2D eigenvalue weighted by molar-refractivity contribution is 6.02. The van der Waals surface area contributed by atoms with Crippen molar-refractivity contribution < 1.29 is 14.4 Å². The molecule has 2 rings (SSSR count). The van der Waals surface area contributed by atoms with E-state index in [2.05, 4.69) is 31.0 Å². The summed E-state index contributed by atoms with van der Waals surface area (Å²) in [5.74, 6) is -0.509. The molecule has 0 aliphatic carbocycles. The summed E-state index contributed by atoms with van der Waals surface area (Å²) in [5.41, 5.74) is 1.75. The van der Waals surface area contributed by atoms with Crippen LogP contribution in [0.25, 0.3) is 0 Å². The van der Waals surface area contributed by atoms with Gasteiger partial charge < -0.3 is 5.32 Å². The van der Waals surface area contributed by atoms with Crippen molar-refractivity contribution in [1.29, 1.82) is 0 Å². The van der Waals surface area contributed by atoms with Crippen LogP contribution in [0.1, 0.15) is 49.5 Å². The molecule has 0 aromatic heterocycles. The predicted molar refractivity (Wildman–Crippen MR) is 95.9 cm³/mol. The first-order chi connectivity index (χ1) is 11.9. The molecule has 1 saturated heterocycles. The number of hydrogen-bond acceptors (Lipinski definition) is 4. The van der Waals surface area contributed by atoms with Crippen molar-refractivity contribution >= 4 is 17.7 Å². The van der Waals surface area contributed by atoms with Crippen molar-refractivity contribution in [3.05, 3.63) is 35.4 Å². The van der Waals surface area contributed by atoms with E-state index in [0.29, 0.717) is 11.6 Å². The molecule has 6 heteroatoms. The normalized spacial score (nSPS) is 14.7. The Morgan fingerprint density at radius 3 is 2.28 bits per heavy atom. The zero-order valence-electron chi connectivity index (χ0n) is 15.2. The molecule has 0 saturated carbocycles. The third kappa shape index (κ3) is 5.13. The molecule has 25 heavy (non-hydrogen) atoms. The summed E-state index contributed by atoms with van der Waals surface area (Å²) >= 11 is 0. The summed E-state index contributed by atoms with van der Waals surface area (Å²) in [4.78, 5) is 38.8. The van der Waals surface area contributed by atoms with Crippen LogP contribution in [0.4, 0.5) is 0 Å². The number of hydrogen-bond donors (Lipinski definition) is 1. The van der Waals surface area contributed by atoms with Crippen LogP contribution < -0.4 is 5.32 Å². The molecule has 1 heterocycles. The molecule has 0 radical (unpaired) electrons. The number of imide groups is 1. The zero-order chi connectivity index (χ0) is 18.4. The number of nitrogens with zero attached hydrogens (tertiary/aromatic N) is 2. The standard InChI is InChI=1S/C19H27N3O3/c1-4-21(14(2)3)13-15-5-7-16(8-6-15)19(25)20-11-12-22-17(23)9-10-18(22)24/h5-8,14H,4,9-13H2,1-3H3,(H,20,25). The summed E-state index contributed by atoms with van der Waals surface area (Å²) < 4.78 is 0. The largest absolute Gasteiger partial charge is 0.350 e. The fourth-order valence-corrected chi connectivity index (χ4v) is 2.91. The van der Waals surface area contributed by atoms with Crippen molar-refractivity contribution in [3.63, 3.8) is 0 Å². The molecule has 0 bridgehead atoms. The van der Waals surface area contributed by atoms with E-state index in [0.717, 1.165) is 13.1 Å². The van der Waals surface area contributed by atoms with E-state index in [1.807, 2.05) is 24.3 Å². The SMILES string of the molecule is CCN(Cc1ccc(C(=O)NCCN2C(=O)CCC2=O)cc1)C(C)C. The topological polar surface area (TPSA) is 69.7 Å². The highest BCUT2D eigenvalue weighted by Crippen LogP contribution is 2.11. The quantitative estimate of drug-likeness (QED) is 0.730. The lowest BCUT2D eigenvalue weighted by molar-refractivity contribution is -0.138. The fourth-order valence-electron chi connectivity index (χ4n) is 2.91. The summed E-state index contributed by atoms with van der Waals surface area (Å²) in [7, 11) is 0. The van der Waals surface area contributed by atoms with E-state index in [4.69, 9.17) is 0 Å². The third-order valence-electron chi connectivity index (χ3n) is 4.51. The number of amides is 3. The van der Waals surface area contributed by atoms with Crippen LogP contribution >= 0.6 is 0 Å². The van der Waals surface area contributed by atoms with Crippen LogP contribution in [0.5, 0.6) is 0 Å². The van der Waals surface area contributed by atoms with Crippen molar-refractivity contribution in [2.45, 2.75) is 46.2 Å². The molecule has 136 valence electrons. The van der Waals surface area contributed by atoms with Crippen molar-refractivity contribution in [3.8, 4) is 0 Å². The minimum Gasteiger partial charge on any atom is -0.350 e. The Morgan fingerprint density at radius 2 is 1.76 bits per heavy atom. The highest BCUT2D eigenvalue weighted by atomic mass is 16.2. The summed E-state index contributed by atoms with van der Waals surface area (Å²) in [6.07, 6.45) is 0.554. The van der Waals surface area contributed by atoms with Gasteiger partial charge in [-0.1, -0.05) is 19.1 Å². The maximum atomic E-state index is 12.2. The first kappa shape index (κ1) is 19.1. The number of carbonyl (C=O) groups excluding carboxylic acids is 3. The first-order valence-electron chi connectivity index (χ1n) is 8.86. The minimum atomic E-state index is -0.193. The Kier molecular flexibility index (Phi) is 6.70. The molecule has 1 fully saturated rings. The van der Waals surface area contributed by atoms with Crippen molar-refractivity contribution in [2.24, 2.45) is 0 Å². The number of carbonyl (C=O) groups is 3. The lowest BCUT2D eigenvalue weighted by atomic mass is 10.1. The molecule has 0 atom stereocenters. The highest BCUT2D eigenvalue weighted by Gasteiger charge is 2.28. The molecule has 6 nitrogen and oxygen atoms in total. The Bertz CT molecular complexity index is 609. The minimum absolute atomic E-state index is 0.158.